The number of carbonyl (C=O) groups is 1. The van der Waals surface area contributed by atoms with Crippen LogP contribution in [-0.2, 0) is 4.79 Å². The number of nitriles is 2. The van der Waals surface area contributed by atoms with Gasteiger partial charge < -0.3 is 11.1 Å². The van der Waals surface area contributed by atoms with E-state index >= 15 is 0 Å². The van der Waals surface area contributed by atoms with Crippen LogP contribution in [0, 0.1) is 28.6 Å². The van der Waals surface area contributed by atoms with Crippen LogP contribution in [0.4, 0.5) is 5.69 Å². The molecule has 5 heteroatoms. The molecule has 0 radical (unpaired) electrons. The number of anilines is 1. The van der Waals surface area contributed by atoms with E-state index in [4.69, 9.17) is 16.3 Å². The summed E-state index contributed by atoms with van der Waals surface area (Å²) in [6.45, 7) is 2.69. The Morgan fingerprint density at radius 3 is 2.60 bits per heavy atom. The molecule has 1 aromatic rings. The Hall–Kier alpha value is -2.37. The number of hydrogen-bond acceptors (Lipinski definition) is 4. The van der Waals surface area contributed by atoms with Gasteiger partial charge in [-0.05, 0) is 43.5 Å². The number of nitrogens with two attached hydrogens (primary N) is 1. The van der Waals surface area contributed by atoms with Gasteiger partial charge in [0.15, 0.2) is 0 Å². The highest BCUT2D eigenvalue weighted by Crippen LogP contribution is 2.16. The molecule has 0 aliphatic rings. The van der Waals surface area contributed by atoms with Crippen LogP contribution in [0.1, 0.15) is 37.3 Å². The highest BCUT2D eigenvalue weighted by molar-refractivity contribution is 5.91. The summed E-state index contributed by atoms with van der Waals surface area (Å²) in [7, 11) is 0. The van der Waals surface area contributed by atoms with Crippen molar-refractivity contribution in [1.29, 1.82) is 10.5 Å². The number of nitrogens with one attached hydrogen (secondary N) is 1. The Morgan fingerprint density at radius 1 is 1.30 bits per heavy atom. The minimum Gasteiger partial charge on any atom is -0.330 e. The first kappa shape index (κ1) is 15.7. The lowest BCUT2D eigenvalue weighted by Crippen LogP contribution is -2.14. The largest absolute Gasteiger partial charge is 0.330 e. The van der Waals surface area contributed by atoms with Gasteiger partial charge >= 0.3 is 0 Å². The third kappa shape index (κ3) is 4.72. The summed E-state index contributed by atoms with van der Waals surface area (Å²) in [5.41, 5.74) is 6.57. The molecule has 0 bridgehead atoms. The van der Waals surface area contributed by atoms with Gasteiger partial charge in [-0.2, -0.15) is 10.5 Å². The molecule has 1 amide bonds. The van der Waals surface area contributed by atoms with Crippen molar-refractivity contribution in [3.05, 3.63) is 29.3 Å². The van der Waals surface area contributed by atoms with E-state index < -0.39 is 0 Å². The molecule has 104 valence electrons. The van der Waals surface area contributed by atoms with Gasteiger partial charge in [0.2, 0.25) is 5.91 Å². The second kappa shape index (κ2) is 7.93. The van der Waals surface area contributed by atoms with Crippen LogP contribution in [0.15, 0.2) is 18.2 Å². The average Bonchev–Trinajstić information content (AvgIpc) is 2.45. The minimum atomic E-state index is -0.0949. The van der Waals surface area contributed by atoms with Gasteiger partial charge in [-0.15, -0.1) is 0 Å². The fourth-order valence-electron chi connectivity index (χ4n) is 1.84. The fourth-order valence-corrected chi connectivity index (χ4v) is 1.84. The number of carbonyl (C=O) groups excluding carboxylic acids is 1. The average molecular weight is 270 g/mol. The van der Waals surface area contributed by atoms with Gasteiger partial charge in [-0.3, -0.25) is 4.79 Å². The molecular weight excluding hydrogens is 252 g/mol. The van der Waals surface area contributed by atoms with Gasteiger partial charge in [0.25, 0.3) is 0 Å². The molecule has 0 fully saturated rings. The SMILES string of the molecule is CC(CCN)CCC(=O)Nc1ccc(C#N)c(C#N)c1. The molecule has 5 nitrogen and oxygen atoms in total. The molecule has 1 unspecified atom stereocenters. The van der Waals surface area contributed by atoms with E-state index in [2.05, 4.69) is 12.2 Å². The third-order valence-electron chi connectivity index (χ3n) is 3.07. The second-order valence-corrected chi connectivity index (χ2v) is 4.75. The van der Waals surface area contributed by atoms with Crippen LogP contribution in [-0.4, -0.2) is 12.5 Å². The predicted molar refractivity (Wildman–Crippen MR) is 76.6 cm³/mol. The lowest BCUT2D eigenvalue weighted by molar-refractivity contribution is -0.116. The van der Waals surface area contributed by atoms with Crippen molar-refractivity contribution in [1.82, 2.24) is 0 Å². The zero-order chi connectivity index (χ0) is 15.0. The standard InChI is InChI=1S/C15H18N4O/c1-11(6-7-16)2-5-15(20)19-14-4-3-12(9-17)13(8-14)10-18/h3-4,8,11H,2,5-7,16H2,1H3,(H,19,20). The Balaban J connectivity index is 2.59. The maximum Gasteiger partial charge on any atom is 0.224 e. The van der Waals surface area contributed by atoms with Crippen molar-refractivity contribution in [2.45, 2.75) is 26.2 Å². The molecular formula is C15H18N4O. The summed E-state index contributed by atoms with van der Waals surface area (Å²) in [4.78, 5) is 11.8. The van der Waals surface area contributed by atoms with Crippen molar-refractivity contribution < 1.29 is 4.79 Å². The molecule has 0 spiro atoms. The summed E-state index contributed by atoms with van der Waals surface area (Å²) < 4.78 is 0. The van der Waals surface area contributed by atoms with E-state index in [9.17, 15) is 4.79 Å². The minimum absolute atomic E-state index is 0.0949. The van der Waals surface area contributed by atoms with Gasteiger partial charge in [0.05, 0.1) is 11.1 Å². The van der Waals surface area contributed by atoms with Gasteiger partial charge in [-0.1, -0.05) is 6.92 Å². The van der Waals surface area contributed by atoms with E-state index in [1.54, 1.807) is 6.07 Å². The van der Waals surface area contributed by atoms with E-state index in [0.29, 0.717) is 30.1 Å². The molecule has 0 saturated carbocycles. The molecule has 1 atom stereocenters. The van der Waals surface area contributed by atoms with Gasteiger partial charge in [-0.25, -0.2) is 0 Å². The van der Waals surface area contributed by atoms with Crippen LogP contribution in [0.25, 0.3) is 0 Å². The maximum atomic E-state index is 11.8. The number of rotatable bonds is 6. The van der Waals surface area contributed by atoms with Crippen molar-refractivity contribution >= 4 is 11.6 Å². The first-order chi connectivity index (χ1) is 9.60. The van der Waals surface area contributed by atoms with Crippen LogP contribution in [0.5, 0.6) is 0 Å². The molecule has 1 aromatic carbocycles. The normalized spacial score (nSPS) is 11.2. The first-order valence-corrected chi connectivity index (χ1v) is 6.55. The quantitative estimate of drug-likeness (QED) is 0.826. The summed E-state index contributed by atoms with van der Waals surface area (Å²) in [5.74, 6) is 0.323. The van der Waals surface area contributed by atoms with Gasteiger partial charge in [0, 0.05) is 12.1 Å². The van der Waals surface area contributed by atoms with Crippen LogP contribution in [0.2, 0.25) is 0 Å². The van der Waals surface area contributed by atoms with Crippen LogP contribution >= 0.6 is 0 Å². The predicted octanol–water partition coefficient (Wildman–Crippen LogP) is 2.13. The molecule has 1 rings (SSSR count). The van der Waals surface area contributed by atoms with E-state index in [0.717, 1.165) is 12.8 Å². The van der Waals surface area contributed by atoms with E-state index in [1.165, 1.54) is 12.1 Å². The zero-order valence-corrected chi connectivity index (χ0v) is 11.5. The zero-order valence-electron chi connectivity index (χ0n) is 11.5. The molecule has 0 heterocycles. The van der Waals surface area contributed by atoms with Crippen molar-refractivity contribution in [3.63, 3.8) is 0 Å². The Bertz CT molecular complexity index is 554. The van der Waals surface area contributed by atoms with Crippen molar-refractivity contribution in [3.8, 4) is 12.1 Å². The molecule has 0 aromatic heterocycles. The lowest BCUT2D eigenvalue weighted by Gasteiger charge is -2.10. The van der Waals surface area contributed by atoms with Crippen molar-refractivity contribution in [2.24, 2.45) is 11.7 Å². The van der Waals surface area contributed by atoms with E-state index in [1.807, 2.05) is 12.1 Å². The molecule has 0 aliphatic carbocycles. The Labute approximate surface area is 119 Å². The van der Waals surface area contributed by atoms with Crippen LogP contribution < -0.4 is 11.1 Å². The first-order valence-electron chi connectivity index (χ1n) is 6.55. The Kier molecular flexibility index (Phi) is 6.22. The summed E-state index contributed by atoms with van der Waals surface area (Å²) in [5, 5.41) is 20.5. The Morgan fingerprint density at radius 2 is 2.00 bits per heavy atom. The number of nitrogens with zero attached hydrogens (tertiary/aromatic N) is 2. The molecule has 3 N–H and O–H groups in total. The maximum absolute atomic E-state index is 11.8. The summed E-state index contributed by atoms with van der Waals surface area (Å²) in [6, 6.07) is 8.55. The smallest absolute Gasteiger partial charge is 0.224 e. The number of benzene rings is 1. The number of hydrogen-bond donors (Lipinski definition) is 2. The summed E-state index contributed by atoms with van der Waals surface area (Å²) in [6.07, 6.45) is 2.11. The molecule has 20 heavy (non-hydrogen) atoms. The van der Waals surface area contributed by atoms with Crippen LogP contribution in [0.3, 0.4) is 0 Å². The molecule has 0 aliphatic heterocycles. The van der Waals surface area contributed by atoms with Gasteiger partial charge in [0.1, 0.15) is 12.1 Å². The molecule has 0 saturated heterocycles. The highest BCUT2D eigenvalue weighted by Gasteiger charge is 2.08. The fraction of sp³-hybridized carbons (Fsp3) is 0.400. The third-order valence-corrected chi connectivity index (χ3v) is 3.07. The number of amides is 1. The monoisotopic (exact) mass is 270 g/mol. The van der Waals surface area contributed by atoms with Crippen molar-refractivity contribution in [2.75, 3.05) is 11.9 Å². The topological polar surface area (TPSA) is 103 Å². The lowest BCUT2D eigenvalue weighted by atomic mass is 10.0. The highest BCUT2D eigenvalue weighted by atomic mass is 16.1. The van der Waals surface area contributed by atoms with E-state index in [-0.39, 0.29) is 11.5 Å². The second-order valence-electron chi connectivity index (χ2n) is 4.75. The summed E-state index contributed by atoms with van der Waals surface area (Å²) >= 11 is 0.